The van der Waals surface area contributed by atoms with E-state index in [1.807, 2.05) is 24.1 Å². The molecular weight excluding hydrogens is 328 g/mol. The Kier molecular flexibility index (Phi) is 6.34. The molecule has 2 aromatic rings. The Morgan fingerprint density at radius 2 is 2.17 bits per heavy atom. The van der Waals surface area contributed by atoms with Crippen molar-refractivity contribution in [1.29, 1.82) is 0 Å². The third-order valence-corrected chi connectivity index (χ3v) is 4.40. The minimum absolute atomic E-state index is 0. The lowest BCUT2D eigenvalue weighted by molar-refractivity contribution is -0.133. The number of nitrogens with one attached hydrogen (secondary N) is 1. The normalized spacial score (nSPS) is 17.5. The van der Waals surface area contributed by atoms with Gasteiger partial charge in [-0.2, -0.15) is 0 Å². The van der Waals surface area contributed by atoms with E-state index in [2.05, 4.69) is 10.3 Å². The third-order valence-electron chi connectivity index (χ3n) is 4.40. The molecule has 1 aliphatic heterocycles. The van der Waals surface area contributed by atoms with Gasteiger partial charge in [-0.15, -0.1) is 12.4 Å². The number of carbonyl (C=O) groups excluding carboxylic acids is 1. The Hall–Kier alpha value is -1.92. The van der Waals surface area contributed by atoms with Crippen LogP contribution in [0.5, 0.6) is 0 Å². The molecule has 6 nitrogen and oxygen atoms in total. The number of benzene rings is 1. The van der Waals surface area contributed by atoms with Crippen molar-refractivity contribution >= 4 is 29.2 Å². The van der Waals surface area contributed by atoms with Crippen LogP contribution >= 0.6 is 12.4 Å². The van der Waals surface area contributed by atoms with E-state index in [1.165, 1.54) is 10.9 Å². The number of amides is 1. The van der Waals surface area contributed by atoms with E-state index in [-0.39, 0.29) is 30.4 Å². The van der Waals surface area contributed by atoms with Crippen molar-refractivity contribution in [2.24, 2.45) is 5.92 Å². The average Bonchev–Trinajstić information content (AvgIpc) is 2.58. The van der Waals surface area contributed by atoms with Crippen molar-refractivity contribution in [3.05, 3.63) is 40.9 Å². The van der Waals surface area contributed by atoms with Gasteiger partial charge in [-0.05, 0) is 44.5 Å². The van der Waals surface area contributed by atoms with Gasteiger partial charge in [-0.3, -0.25) is 14.2 Å². The number of likely N-dealkylation sites (tertiary alicyclic amines) is 1. The SMILES string of the molecule is CNCC1CCCN(C(=O)Cn2cnc3ccccc3c2=O)C1.Cl. The van der Waals surface area contributed by atoms with E-state index in [9.17, 15) is 9.59 Å². The summed E-state index contributed by atoms with van der Waals surface area (Å²) in [5.74, 6) is 0.481. The Morgan fingerprint density at radius 3 is 2.96 bits per heavy atom. The predicted molar refractivity (Wildman–Crippen MR) is 96.5 cm³/mol. The number of hydrogen-bond acceptors (Lipinski definition) is 4. The van der Waals surface area contributed by atoms with Crippen LogP contribution in [0.15, 0.2) is 35.4 Å². The molecule has 1 amide bonds. The van der Waals surface area contributed by atoms with E-state index in [4.69, 9.17) is 0 Å². The largest absolute Gasteiger partial charge is 0.341 e. The summed E-state index contributed by atoms with van der Waals surface area (Å²) in [6.45, 7) is 2.51. The molecule has 1 unspecified atom stereocenters. The highest BCUT2D eigenvalue weighted by molar-refractivity contribution is 5.85. The number of para-hydroxylation sites is 1. The minimum atomic E-state index is -0.160. The van der Waals surface area contributed by atoms with E-state index in [1.54, 1.807) is 12.1 Å². The summed E-state index contributed by atoms with van der Waals surface area (Å²) in [5.41, 5.74) is 0.501. The number of aromatic nitrogens is 2. The summed E-state index contributed by atoms with van der Waals surface area (Å²) >= 11 is 0. The highest BCUT2D eigenvalue weighted by Gasteiger charge is 2.23. The van der Waals surface area contributed by atoms with Crippen molar-refractivity contribution in [3.8, 4) is 0 Å². The minimum Gasteiger partial charge on any atom is -0.341 e. The highest BCUT2D eigenvalue weighted by atomic mass is 35.5. The van der Waals surface area contributed by atoms with Crippen molar-refractivity contribution in [3.63, 3.8) is 0 Å². The summed E-state index contributed by atoms with van der Waals surface area (Å²) in [7, 11) is 1.93. The Labute approximate surface area is 147 Å². The van der Waals surface area contributed by atoms with Crippen LogP contribution in [-0.4, -0.2) is 47.0 Å². The molecule has 0 spiro atoms. The summed E-state index contributed by atoms with van der Waals surface area (Å²) in [4.78, 5) is 31.1. The van der Waals surface area contributed by atoms with Crippen molar-refractivity contribution in [1.82, 2.24) is 19.8 Å². The van der Waals surface area contributed by atoms with Gasteiger partial charge in [-0.25, -0.2) is 4.98 Å². The maximum Gasteiger partial charge on any atom is 0.261 e. The van der Waals surface area contributed by atoms with E-state index in [0.29, 0.717) is 16.8 Å². The van der Waals surface area contributed by atoms with Gasteiger partial charge in [0.1, 0.15) is 6.54 Å². The first kappa shape index (κ1) is 18.4. The molecule has 0 bridgehead atoms. The summed E-state index contributed by atoms with van der Waals surface area (Å²) in [6, 6.07) is 7.20. The van der Waals surface area contributed by atoms with Gasteiger partial charge in [0.2, 0.25) is 5.91 Å². The van der Waals surface area contributed by atoms with Gasteiger partial charge in [0.25, 0.3) is 5.56 Å². The van der Waals surface area contributed by atoms with E-state index >= 15 is 0 Å². The number of fused-ring (bicyclic) bond motifs is 1. The molecular formula is C17H23ClN4O2. The van der Waals surface area contributed by atoms with Crippen LogP contribution in [-0.2, 0) is 11.3 Å². The second-order valence-electron chi connectivity index (χ2n) is 6.10. The molecule has 1 N–H and O–H groups in total. The van der Waals surface area contributed by atoms with Crippen LogP contribution in [0.25, 0.3) is 10.9 Å². The zero-order chi connectivity index (χ0) is 16.2. The summed E-state index contributed by atoms with van der Waals surface area (Å²) in [6.07, 6.45) is 3.63. The second kappa shape index (κ2) is 8.26. The Balaban J connectivity index is 0.00000208. The second-order valence-corrected chi connectivity index (χ2v) is 6.10. The predicted octanol–water partition coefficient (Wildman–Crippen LogP) is 1.28. The monoisotopic (exact) mass is 350 g/mol. The Morgan fingerprint density at radius 1 is 1.38 bits per heavy atom. The lowest BCUT2D eigenvalue weighted by Gasteiger charge is -2.32. The number of carbonyl (C=O) groups is 1. The van der Waals surface area contributed by atoms with Gasteiger partial charge in [0.15, 0.2) is 0 Å². The zero-order valence-corrected chi connectivity index (χ0v) is 14.6. The number of piperidine rings is 1. The molecule has 1 aromatic heterocycles. The maximum absolute atomic E-state index is 12.5. The lowest BCUT2D eigenvalue weighted by Crippen LogP contribution is -2.44. The summed E-state index contributed by atoms with van der Waals surface area (Å²) < 4.78 is 1.41. The standard InChI is InChI=1S/C17H22N4O2.ClH/c1-18-9-13-5-4-8-20(10-13)16(22)11-21-12-19-15-7-3-2-6-14(15)17(21)23;/h2-3,6-7,12-13,18H,4-5,8-11H2,1H3;1H. The van der Waals surface area contributed by atoms with Crippen molar-refractivity contribution < 1.29 is 4.79 Å². The maximum atomic E-state index is 12.5. The van der Waals surface area contributed by atoms with Crippen LogP contribution in [0.1, 0.15) is 12.8 Å². The smallest absolute Gasteiger partial charge is 0.261 e. The first-order valence-corrected chi connectivity index (χ1v) is 8.05. The van der Waals surface area contributed by atoms with Crippen LogP contribution in [0.4, 0.5) is 0 Å². The number of hydrogen-bond donors (Lipinski definition) is 1. The van der Waals surface area contributed by atoms with Crippen LogP contribution in [0, 0.1) is 5.92 Å². The first-order valence-electron chi connectivity index (χ1n) is 8.05. The topological polar surface area (TPSA) is 67.2 Å². The molecule has 7 heteroatoms. The molecule has 1 aliphatic rings. The van der Waals surface area contributed by atoms with E-state index < -0.39 is 0 Å². The fourth-order valence-electron chi connectivity index (χ4n) is 3.21. The van der Waals surface area contributed by atoms with Gasteiger partial charge in [-0.1, -0.05) is 12.1 Å². The van der Waals surface area contributed by atoms with E-state index in [0.717, 1.165) is 32.5 Å². The Bertz CT molecular complexity index is 760. The third kappa shape index (κ3) is 3.94. The van der Waals surface area contributed by atoms with Gasteiger partial charge in [0.05, 0.1) is 17.2 Å². The molecule has 130 valence electrons. The van der Waals surface area contributed by atoms with Gasteiger partial charge in [0, 0.05) is 13.1 Å². The lowest BCUT2D eigenvalue weighted by atomic mass is 9.98. The highest BCUT2D eigenvalue weighted by Crippen LogP contribution is 2.16. The quantitative estimate of drug-likeness (QED) is 0.902. The molecule has 24 heavy (non-hydrogen) atoms. The fourth-order valence-corrected chi connectivity index (χ4v) is 3.21. The number of halogens is 1. The molecule has 3 rings (SSSR count). The van der Waals surface area contributed by atoms with Crippen molar-refractivity contribution in [2.45, 2.75) is 19.4 Å². The number of rotatable bonds is 4. The molecule has 1 atom stereocenters. The molecule has 0 aliphatic carbocycles. The van der Waals surface area contributed by atoms with Crippen LogP contribution in [0.3, 0.4) is 0 Å². The van der Waals surface area contributed by atoms with Gasteiger partial charge < -0.3 is 10.2 Å². The number of nitrogens with zero attached hydrogens (tertiary/aromatic N) is 3. The van der Waals surface area contributed by atoms with Crippen molar-refractivity contribution in [2.75, 3.05) is 26.7 Å². The molecule has 1 saturated heterocycles. The zero-order valence-electron chi connectivity index (χ0n) is 13.8. The first-order chi connectivity index (χ1) is 11.2. The average molecular weight is 351 g/mol. The summed E-state index contributed by atoms with van der Waals surface area (Å²) in [5, 5.41) is 3.72. The van der Waals surface area contributed by atoms with Crippen LogP contribution < -0.4 is 10.9 Å². The van der Waals surface area contributed by atoms with Gasteiger partial charge >= 0.3 is 0 Å². The molecule has 2 heterocycles. The molecule has 1 aromatic carbocycles. The molecule has 1 fully saturated rings. The van der Waals surface area contributed by atoms with Crippen LogP contribution in [0.2, 0.25) is 0 Å². The fraction of sp³-hybridized carbons (Fsp3) is 0.471. The molecule has 0 radical (unpaired) electrons. The molecule has 0 saturated carbocycles.